The first kappa shape index (κ1) is 16.0. The van der Waals surface area contributed by atoms with E-state index < -0.39 is 0 Å². The third-order valence-electron chi connectivity index (χ3n) is 4.91. The number of thiazole rings is 1. The predicted octanol–water partition coefficient (Wildman–Crippen LogP) is 4.66. The van der Waals surface area contributed by atoms with Crippen LogP contribution in [0.1, 0.15) is 63.7 Å². The summed E-state index contributed by atoms with van der Waals surface area (Å²) in [7, 11) is 0. The first-order valence-electron chi connectivity index (χ1n) is 8.36. The highest BCUT2D eigenvalue weighted by atomic mass is 32.1. The van der Waals surface area contributed by atoms with Crippen molar-refractivity contribution in [3.63, 3.8) is 0 Å². The molecule has 1 aliphatic carbocycles. The van der Waals surface area contributed by atoms with Gasteiger partial charge in [-0.2, -0.15) is 0 Å². The van der Waals surface area contributed by atoms with Crippen molar-refractivity contribution in [2.24, 2.45) is 11.3 Å². The third-order valence-corrected chi connectivity index (χ3v) is 5.69. The van der Waals surface area contributed by atoms with Crippen LogP contribution in [0.5, 0.6) is 0 Å². The van der Waals surface area contributed by atoms with Gasteiger partial charge in [0.25, 0.3) is 0 Å². The van der Waals surface area contributed by atoms with Crippen LogP contribution in [-0.2, 0) is 6.42 Å². The van der Waals surface area contributed by atoms with Crippen molar-refractivity contribution in [1.82, 2.24) is 10.3 Å². The Morgan fingerprint density at radius 2 is 2.15 bits per heavy atom. The molecule has 20 heavy (non-hydrogen) atoms. The van der Waals surface area contributed by atoms with Crippen LogP contribution in [0.2, 0.25) is 0 Å². The Morgan fingerprint density at radius 3 is 2.75 bits per heavy atom. The molecule has 1 heterocycles. The second-order valence-electron chi connectivity index (χ2n) is 6.51. The molecule has 0 atom stereocenters. The van der Waals surface area contributed by atoms with Crippen LogP contribution >= 0.6 is 11.3 Å². The molecule has 0 spiro atoms. The van der Waals surface area contributed by atoms with Crippen molar-refractivity contribution in [3.05, 3.63) is 16.6 Å². The van der Waals surface area contributed by atoms with Crippen molar-refractivity contribution in [1.29, 1.82) is 0 Å². The van der Waals surface area contributed by atoms with E-state index in [2.05, 4.69) is 30.3 Å². The van der Waals surface area contributed by atoms with E-state index in [-0.39, 0.29) is 0 Å². The summed E-state index contributed by atoms with van der Waals surface area (Å²) in [5.74, 6) is 0.992. The average molecular weight is 295 g/mol. The zero-order valence-electron chi connectivity index (χ0n) is 13.2. The Hall–Kier alpha value is -0.410. The van der Waals surface area contributed by atoms with E-state index >= 15 is 0 Å². The zero-order chi connectivity index (χ0) is 14.3. The number of nitrogens with one attached hydrogen (secondary N) is 1. The molecule has 0 radical (unpaired) electrons. The Labute approximate surface area is 128 Å². The van der Waals surface area contributed by atoms with Crippen molar-refractivity contribution in [3.8, 4) is 0 Å². The van der Waals surface area contributed by atoms with Crippen LogP contribution < -0.4 is 5.32 Å². The fourth-order valence-corrected chi connectivity index (χ4v) is 4.35. The topological polar surface area (TPSA) is 24.9 Å². The second-order valence-corrected chi connectivity index (χ2v) is 7.48. The van der Waals surface area contributed by atoms with Crippen LogP contribution in [0.25, 0.3) is 0 Å². The van der Waals surface area contributed by atoms with Crippen molar-refractivity contribution >= 4 is 11.3 Å². The molecule has 1 fully saturated rings. The van der Waals surface area contributed by atoms with Gasteiger partial charge < -0.3 is 5.32 Å². The summed E-state index contributed by atoms with van der Waals surface area (Å²) in [6, 6.07) is 0. The lowest BCUT2D eigenvalue weighted by molar-refractivity contribution is 0.140. The Morgan fingerprint density at radius 1 is 1.35 bits per heavy atom. The van der Waals surface area contributed by atoms with Crippen LogP contribution in [0, 0.1) is 11.3 Å². The lowest BCUT2D eigenvalue weighted by atomic mass is 9.67. The van der Waals surface area contributed by atoms with Crippen LogP contribution in [0.3, 0.4) is 0 Å². The molecule has 0 unspecified atom stereocenters. The molecule has 2 nitrogen and oxygen atoms in total. The maximum atomic E-state index is 4.25. The smallest absolute Gasteiger partial charge is 0.0794 e. The van der Waals surface area contributed by atoms with E-state index in [0.29, 0.717) is 5.41 Å². The molecule has 114 valence electrons. The number of aromatic nitrogens is 1. The minimum Gasteiger partial charge on any atom is -0.316 e. The van der Waals surface area contributed by atoms with E-state index in [1.165, 1.54) is 62.8 Å². The van der Waals surface area contributed by atoms with Gasteiger partial charge in [-0.1, -0.05) is 33.1 Å². The average Bonchev–Trinajstić information content (AvgIpc) is 2.97. The highest BCUT2D eigenvalue weighted by Gasteiger charge is 2.35. The third kappa shape index (κ3) is 4.56. The molecule has 1 aromatic rings. The minimum absolute atomic E-state index is 0.491. The molecular weight excluding hydrogens is 264 g/mol. The van der Waals surface area contributed by atoms with Crippen LogP contribution in [-0.4, -0.2) is 18.1 Å². The van der Waals surface area contributed by atoms with E-state index in [9.17, 15) is 0 Å². The Balaban J connectivity index is 1.91. The standard InChI is InChI=1S/C17H30N2S/c1-3-5-6-15-7-9-17(10-8-15,13-18-4-2)11-16-12-19-14-20-16/h12,14-15,18H,3-11,13H2,1-2H3. The lowest BCUT2D eigenvalue weighted by Gasteiger charge is -2.40. The largest absolute Gasteiger partial charge is 0.316 e. The molecule has 1 N–H and O–H groups in total. The number of rotatable bonds is 8. The summed E-state index contributed by atoms with van der Waals surface area (Å²) in [5, 5.41) is 3.61. The van der Waals surface area contributed by atoms with Gasteiger partial charge in [0.05, 0.1) is 5.51 Å². The zero-order valence-corrected chi connectivity index (χ0v) is 14.0. The van der Waals surface area contributed by atoms with Crippen molar-refractivity contribution < 1.29 is 0 Å². The van der Waals surface area contributed by atoms with Gasteiger partial charge in [-0.15, -0.1) is 11.3 Å². The molecule has 0 aliphatic heterocycles. The quantitative estimate of drug-likeness (QED) is 0.754. The normalized spacial score (nSPS) is 26.8. The van der Waals surface area contributed by atoms with Crippen molar-refractivity contribution in [2.45, 2.75) is 65.2 Å². The second kappa shape index (κ2) is 8.14. The summed E-state index contributed by atoms with van der Waals surface area (Å²) < 4.78 is 0. The first-order chi connectivity index (χ1) is 9.78. The molecular formula is C17H30N2S. The Kier molecular flexibility index (Phi) is 6.50. The fraction of sp³-hybridized carbons (Fsp3) is 0.824. The van der Waals surface area contributed by atoms with Gasteiger partial charge in [0.1, 0.15) is 0 Å². The minimum atomic E-state index is 0.491. The molecule has 0 aromatic carbocycles. The van der Waals surface area contributed by atoms with Gasteiger partial charge >= 0.3 is 0 Å². The molecule has 1 aromatic heterocycles. The van der Waals surface area contributed by atoms with Gasteiger partial charge in [0, 0.05) is 17.6 Å². The SMILES string of the molecule is CCCCC1CCC(CNCC)(Cc2cncs2)CC1. The van der Waals surface area contributed by atoms with Crippen molar-refractivity contribution in [2.75, 3.05) is 13.1 Å². The lowest BCUT2D eigenvalue weighted by Crippen LogP contribution is -2.39. The summed E-state index contributed by atoms with van der Waals surface area (Å²) in [6.45, 7) is 6.79. The highest BCUT2D eigenvalue weighted by Crippen LogP contribution is 2.43. The van der Waals surface area contributed by atoms with Gasteiger partial charge in [0.2, 0.25) is 0 Å². The van der Waals surface area contributed by atoms with E-state index in [1.54, 1.807) is 0 Å². The first-order valence-corrected chi connectivity index (χ1v) is 9.24. The van der Waals surface area contributed by atoms with Crippen LogP contribution in [0.15, 0.2) is 11.7 Å². The summed E-state index contributed by atoms with van der Waals surface area (Å²) in [4.78, 5) is 5.72. The maximum Gasteiger partial charge on any atom is 0.0794 e. The van der Waals surface area contributed by atoms with E-state index in [4.69, 9.17) is 0 Å². The Bertz CT molecular complexity index is 353. The number of unbranched alkanes of at least 4 members (excludes halogenated alkanes) is 1. The fourth-order valence-electron chi connectivity index (χ4n) is 3.58. The van der Waals surface area contributed by atoms with Gasteiger partial charge in [-0.3, -0.25) is 4.98 Å². The number of hydrogen-bond donors (Lipinski definition) is 1. The molecule has 0 saturated heterocycles. The van der Waals surface area contributed by atoms with E-state index in [0.717, 1.165) is 12.5 Å². The summed E-state index contributed by atoms with van der Waals surface area (Å²) in [5.41, 5.74) is 2.47. The molecule has 1 aliphatic rings. The van der Waals surface area contributed by atoms with Gasteiger partial charge in [-0.25, -0.2) is 0 Å². The monoisotopic (exact) mass is 294 g/mol. The molecule has 1 saturated carbocycles. The molecule has 0 amide bonds. The van der Waals surface area contributed by atoms with E-state index in [1.807, 2.05) is 16.8 Å². The van der Waals surface area contributed by atoms with Gasteiger partial charge in [0.15, 0.2) is 0 Å². The summed E-state index contributed by atoms with van der Waals surface area (Å²) >= 11 is 1.82. The maximum absolute atomic E-state index is 4.25. The molecule has 0 bridgehead atoms. The predicted molar refractivity (Wildman–Crippen MR) is 88.3 cm³/mol. The van der Waals surface area contributed by atoms with Crippen LogP contribution in [0.4, 0.5) is 0 Å². The number of hydrogen-bond acceptors (Lipinski definition) is 3. The highest BCUT2D eigenvalue weighted by molar-refractivity contribution is 7.09. The molecule has 2 rings (SSSR count). The van der Waals surface area contributed by atoms with Gasteiger partial charge in [-0.05, 0) is 50.0 Å². The molecule has 3 heteroatoms. The summed E-state index contributed by atoms with van der Waals surface area (Å²) in [6.07, 6.45) is 13.2. The number of nitrogens with zero attached hydrogens (tertiary/aromatic N) is 1.